The van der Waals surface area contributed by atoms with Crippen molar-refractivity contribution in [3.63, 3.8) is 0 Å². The Bertz CT molecular complexity index is 1120. The second-order valence-corrected chi connectivity index (χ2v) is 7.84. The molecular weight excluding hydrogens is 370 g/mol. The zero-order valence-corrected chi connectivity index (χ0v) is 16.5. The number of rotatable bonds is 3. The Kier molecular flexibility index (Phi) is 4.70. The molecule has 0 unspecified atom stereocenters. The van der Waals surface area contributed by atoms with Crippen LogP contribution in [0, 0.1) is 11.6 Å². The molecule has 3 aromatic carbocycles. The van der Waals surface area contributed by atoms with Crippen LogP contribution in [-0.2, 0) is 5.41 Å². The molecule has 29 heavy (non-hydrogen) atoms. The maximum atomic E-state index is 14.5. The van der Waals surface area contributed by atoms with Gasteiger partial charge >= 0.3 is 5.82 Å². The van der Waals surface area contributed by atoms with Gasteiger partial charge in [0.1, 0.15) is 5.69 Å². The van der Waals surface area contributed by atoms with Crippen molar-refractivity contribution in [2.45, 2.75) is 26.2 Å². The highest BCUT2D eigenvalue weighted by Gasteiger charge is 2.28. The maximum absolute atomic E-state index is 14.5. The number of nitrogens with zero attached hydrogens (tertiary/aromatic N) is 4. The molecule has 0 spiro atoms. The molecule has 1 heterocycles. The van der Waals surface area contributed by atoms with Crippen molar-refractivity contribution >= 4 is 0 Å². The molecule has 1 aromatic heterocycles. The molecule has 0 aliphatic heterocycles. The lowest BCUT2D eigenvalue weighted by Gasteiger charge is -2.18. The average molecular weight is 391 g/mol. The SMILES string of the molecule is CC(C)(C)c1ccc(-c2nn(-c3ccccc3)[n+](-c3c(F)cccc3F)n2)cc1. The molecule has 0 amide bonds. The second kappa shape index (κ2) is 7.20. The van der Waals surface area contributed by atoms with Gasteiger partial charge in [-0.05, 0) is 57.3 Å². The molecular formula is C23H21F2N4+. The van der Waals surface area contributed by atoms with E-state index in [4.69, 9.17) is 0 Å². The number of para-hydroxylation sites is 2. The largest absolute Gasteiger partial charge is 0.340 e. The summed E-state index contributed by atoms with van der Waals surface area (Å²) < 4.78 is 29.0. The molecule has 4 nitrogen and oxygen atoms in total. The van der Waals surface area contributed by atoms with Crippen molar-refractivity contribution in [3.8, 4) is 22.8 Å². The van der Waals surface area contributed by atoms with Gasteiger partial charge in [-0.25, -0.2) is 8.78 Å². The van der Waals surface area contributed by atoms with Crippen molar-refractivity contribution in [1.29, 1.82) is 0 Å². The van der Waals surface area contributed by atoms with E-state index in [0.717, 1.165) is 10.4 Å². The maximum Gasteiger partial charge on any atom is 0.340 e. The molecule has 0 bridgehead atoms. The van der Waals surface area contributed by atoms with Gasteiger partial charge in [-0.2, -0.15) is 0 Å². The predicted molar refractivity (Wildman–Crippen MR) is 107 cm³/mol. The molecule has 146 valence electrons. The number of aromatic nitrogens is 4. The van der Waals surface area contributed by atoms with E-state index in [2.05, 4.69) is 31.0 Å². The minimum atomic E-state index is -0.714. The van der Waals surface area contributed by atoms with Gasteiger partial charge in [-0.1, -0.05) is 57.2 Å². The topological polar surface area (TPSA) is 34.6 Å². The molecule has 0 fully saturated rings. The molecule has 0 aliphatic rings. The summed E-state index contributed by atoms with van der Waals surface area (Å²) in [5.74, 6) is -1.06. The van der Waals surface area contributed by atoms with Gasteiger partial charge < -0.3 is 0 Å². The average Bonchev–Trinajstić information content (AvgIpc) is 3.13. The van der Waals surface area contributed by atoms with Crippen LogP contribution in [0.15, 0.2) is 72.8 Å². The van der Waals surface area contributed by atoms with Gasteiger partial charge in [0, 0.05) is 4.80 Å². The zero-order valence-electron chi connectivity index (χ0n) is 16.5. The smallest absolute Gasteiger partial charge is 0.202 e. The van der Waals surface area contributed by atoms with Crippen LogP contribution in [0.25, 0.3) is 22.8 Å². The van der Waals surface area contributed by atoms with Crippen molar-refractivity contribution in [3.05, 3.63) is 90.0 Å². The summed E-state index contributed by atoms with van der Waals surface area (Å²) in [5.41, 5.74) is 2.32. The van der Waals surface area contributed by atoms with Crippen LogP contribution in [0.5, 0.6) is 0 Å². The van der Waals surface area contributed by atoms with E-state index < -0.39 is 11.6 Å². The standard InChI is InChI=1S/C23H21F2N4/c1-23(2,3)17-14-12-16(13-15-17)22-26-28(18-8-5-4-6-9-18)29(27-22)21-19(24)10-7-11-20(21)25/h4-15H,1-3H3/q+1. The van der Waals surface area contributed by atoms with Gasteiger partial charge in [0.15, 0.2) is 11.6 Å². The van der Waals surface area contributed by atoms with Gasteiger partial charge in [0.2, 0.25) is 0 Å². The van der Waals surface area contributed by atoms with Gasteiger partial charge in [0.25, 0.3) is 5.69 Å². The molecule has 4 aromatic rings. The number of benzene rings is 3. The normalized spacial score (nSPS) is 11.6. The van der Waals surface area contributed by atoms with Crippen LogP contribution in [0.2, 0.25) is 0 Å². The fourth-order valence-electron chi connectivity index (χ4n) is 3.07. The van der Waals surface area contributed by atoms with E-state index in [1.54, 1.807) is 12.1 Å². The van der Waals surface area contributed by atoms with E-state index in [1.165, 1.54) is 28.6 Å². The first-order valence-electron chi connectivity index (χ1n) is 9.35. The Hall–Kier alpha value is -3.41. The lowest BCUT2D eigenvalue weighted by Crippen LogP contribution is -2.45. The summed E-state index contributed by atoms with van der Waals surface area (Å²) in [5, 5.41) is 8.97. The Balaban J connectivity index is 1.89. The monoisotopic (exact) mass is 391 g/mol. The van der Waals surface area contributed by atoms with E-state index in [9.17, 15) is 8.78 Å². The number of tetrazole rings is 1. The molecule has 0 saturated carbocycles. The first-order chi connectivity index (χ1) is 13.8. The number of hydrogen-bond donors (Lipinski definition) is 0. The van der Waals surface area contributed by atoms with Crippen LogP contribution in [0.3, 0.4) is 0 Å². The van der Waals surface area contributed by atoms with Crippen LogP contribution in [0.1, 0.15) is 26.3 Å². The fourth-order valence-corrected chi connectivity index (χ4v) is 3.07. The number of halogens is 2. The summed E-state index contributed by atoms with van der Waals surface area (Å²) in [6.07, 6.45) is 0. The van der Waals surface area contributed by atoms with Crippen LogP contribution < -0.4 is 4.80 Å². The van der Waals surface area contributed by atoms with E-state index in [1.807, 2.05) is 42.5 Å². The highest BCUT2D eigenvalue weighted by atomic mass is 19.1. The Morgan fingerprint density at radius 1 is 0.793 bits per heavy atom. The van der Waals surface area contributed by atoms with Crippen molar-refractivity contribution in [2.75, 3.05) is 0 Å². The van der Waals surface area contributed by atoms with E-state index >= 15 is 0 Å². The minimum absolute atomic E-state index is 0.0194. The fraction of sp³-hybridized carbons (Fsp3) is 0.174. The third-order valence-electron chi connectivity index (χ3n) is 4.69. The van der Waals surface area contributed by atoms with Crippen LogP contribution >= 0.6 is 0 Å². The molecule has 6 heteroatoms. The quantitative estimate of drug-likeness (QED) is 0.471. The molecule has 0 atom stereocenters. The number of hydrogen-bond acceptors (Lipinski definition) is 2. The van der Waals surface area contributed by atoms with Crippen molar-refractivity contribution in [2.24, 2.45) is 0 Å². The van der Waals surface area contributed by atoms with E-state index in [-0.39, 0.29) is 11.1 Å². The lowest BCUT2D eigenvalue weighted by molar-refractivity contribution is -0.737. The van der Waals surface area contributed by atoms with Gasteiger partial charge in [0.05, 0.1) is 10.7 Å². The molecule has 0 aliphatic carbocycles. The van der Waals surface area contributed by atoms with Crippen LogP contribution in [-0.4, -0.2) is 15.0 Å². The Labute approximate surface area is 168 Å². The molecule has 0 radical (unpaired) electrons. The minimum Gasteiger partial charge on any atom is -0.202 e. The van der Waals surface area contributed by atoms with Crippen LogP contribution in [0.4, 0.5) is 8.78 Å². The molecule has 0 N–H and O–H groups in total. The first kappa shape index (κ1) is 18.9. The summed E-state index contributed by atoms with van der Waals surface area (Å²) in [7, 11) is 0. The third kappa shape index (κ3) is 3.66. The Morgan fingerprint density at radius 3 is 2.00 bits per heavy atom. The molecule has 0 saturated heterocycles. The summed E-state index contributed by atoms with van der Waals surface area (Å²) >= 11 is 0. The lowest BCUT2D eigenvalue weighted by atomic mass is 9.87. The summed E-state index contributed by atoms with van der Waals surface area (Å²) in [4.78, 5) is 2.56. The van der Waals surface area contributed by atoms with Crippen molar-refractivity contribution < 1.29 is 13.6 Å². The highest BCUT2D eigenvalue weighted by molar-refractivity contribution is 5.54. The summed E-state index contributed by atoms with van der Waals surface area (Å²) in [6, 6.07) is 20.7. The second-order valence-electron chi connectivity index (χ2n) is 7.84. The third-order valence-corrected chi connectivity index (χ3v) is 4.69. The van der Waals surface area contributed by atoms with Gasteiger partial charge in [-0.15, -0.1) is 0 Å². The summed E-state index contributed by atoms with van der Waals surface area (Å²) in [6.45, 7) is 6.41. The van der Waals surface area contributed by atoms with Crippen molar-refractivity contribution in [1.82, 2.24) is 15.0 Å². The first-order valence-corrected chi connectivity index (χ1v) is 9.35. The van der Waals surface area contributed by atoms with Gasteiger partial charge in [-0.3, -0.25) is 0 Å². The van der Waals surface area contributed by atoms with E-state index in [0.29, 0.717) is 11.5 Å². The molecule has 4 rings (SSSR count). The highest BCUT2D eigenvalue weighted by Crippen LogP contribution is 2.25. The zero-order chi connectivity index (χ0) is 20.6. The Morgan fingerprint density at radius 2 is 1.41 bits per heavy atom. The predicted octanol–water partition coefficient (Wildman–Crippen LogP) is 4.79.